The van der Waals surface area contributed by atoms with Gasteiger partial charge in [0, 0.05) is 42.6 Å². The first-order chi connectivity index (χ1) is 20.7. The molecule has 4 aromatic carbocycles. The van der Waals surface area contributed by atoms with Crippen molar-refractivity contribution in [1.29, 1.82) is 0 Å². The summed E-state index contributed by atoms with van der Waals surface area (Å²) in [7, 11) is 0. The fourth-order valence-corrected chi connectivity index (χ4v) is 5.43. The fourth-order valence-electron chi connectivity index (χ4n) is 5.43. The maximum atomic E-state index is 13.2. The molecule has 1 aliphatic heterocycles. The zero-order valence-corrected chi connectivity index (χ0v) is 23.7. The molecule has 9 heteroatoms. The third-order valence-electron chi connectivity index (χ3n) is 7.51. The monoisotopic (exact) mass is 586 g/mol. The molecule has 43 heavy (non-hydrogen) atoms. The number of amides is 2. The molecule has 4 aromatic rings. The highest BCUT2D eigenvalue weighted by Crippen LogP contribution is 2.32. The van der Waals surface area contributed by atoms with Gasteiger partial charge in [0.2, 0.25) is 5.91 Å². The summed E-state index contributed by atoms with van der Waals surface area (Å²) in [5.74, 6) is -0.366. The van der Waals surface area contributed by atoms with Gasteiger partial charge in [0.15, 0.2) is 0 Å². The normalized spacial score (nSPS) is 16.0. The molecule has 1 fully saturated rings. The van der Waals surface area contributed by atoms with Crippen molar-refractivity contribution in [2.45, 2.75) is 31.6 Å². The van der Waals surface area contributed by atoms with Crippen LogP contribution in [-0.2, 0) is 11.0 Å². The van der Waals surface area contributed by atoms with Crippen molar-refractivity contribution in [3.8, 4) is 11.1 Å². The minimum absolute atomic E-state index is 0.00524. The maximum Gasteiger partial charge on any atom is 0.416 e. The van der Waals surface area contributed by atoms with Crippen molar-refractivity contribution in [1.82, 2.24) is 10.2 Å². The van der Waals surface area contributed by atoms with E-state index in [1.165, 1.54) is 12.1 Å². The number of hydrogen-bond acceptors (Lipinski definition) is 4. The van der Waals surface area contributed by atoms with Gasteiger partial charge in [0.1, 0.15) is 6.04 Å². The molecule has 3 N–H and O–H groups in total. The van der Waals surface area contributed by atoms with Gasteiger partial charge in [0.25, 0.3) is 5.91 Å². The van der Waals surface area contributed by atoms with E-state index in [1.807, 2.05) is 49.4 Å². The number of rotatable bonds is 9. The van der Waals surface area contributed by atoms with Crippen molar-refractivity contribution >= 4 is 23.2 Å². The molecule has 1 aliphatic rings. The number of likely N-dealkylation sites (tertiary alicyclic amines) is 1. The molecule has 0 saturated carbocycles. The standard InChI is InChI=1S/C34H33F3N4O2/c1-2-38-33(43)31(24-8-4-3-5-9-24)41-21-20-28(22-41)39-26-16-18-27(19-17-26)40-32(42)30-11-7-6-10-29(30)23-12-14-25(15-13-23)34(35,36)37/h3-19,28,31,39H,2,20-22H2,1H3,(H,38,43)(H,40,42). The molecule has 2 atom stereocenters. The highest BCUT2D eigenvalue weighted by Gasteiger charge is 2.33. The van der Waals surface area contributed by atoms with Gasteiger partial charge < -0.3 is 16.0 Å². The summed E-state index contributed by atoms with van der Waals surface area (Å²) < 4.78 is 39.0. The van der Waals surface area contributed by atoms with Crippen molar-refractivity contribution in [3.05, 3.63) is 120 Å². The Morgan fingerprint density at radius 3 is 2.19 bits per heavy atom. The van der Waals surface area contributed by atoms with Gasteiger partial charge in [-0.2, -0.15) is 13.2 Å². The van der Waals surface area contributed by atoms with Crippen LogP contribution in [0.15, 0.2) is 103 Å². The van der Waals surface area contributed by atoms with Crippen LogP contribution in [0.5, 0.6) is 0 Å². The van der Waals surface area contributed by atoms with E-state index in [9.17, 15) is 22.8 Å². The maximum absolute atomic E-state index is 13.2. The van der Waals surface area contributed by atoms with Crippen LogP contribution >= 0.6 is 0 Å². The second kappa shape index (κ2) is 13.1. The molecule has 0 aliphatic carbocycles. The summed E-state index contributed by atoms with van der Waals surface area (Å²) in [4.78, 5) is 28.3. The number of nitrogens with one attached hydrogen (secondary N) is 3. The minimum Gasteiger partial charge on any atom is -0.381 e. The van der Waals surface area contributed by atoms with Crippen LogP contribution in [0.2, 0.25) is 0 Å². The van der Waals surface area contributed by atoms with E-state index in [1.54, 1.807) is 36.4 Å². The SMILES string of the molecule is CCNC(=O)C(c1ccccc1)N1CCC(Nc2ccc(NC(=O)c3ccccc3-c3ccc(C(F)(F)F)cc3)cc2)C1. The van der Waals surface area contributed by atoms with E-state index >= 15 is 0 Å². The van der Waals surface area contributed by atoms with Crippen molar-refractivity contribution in [2.75, 3.05) is 30.3 Å². The van der Waals surface area contributed by atoms with Crippen molar-refractivity contribution < 1.29 is 22.8 Å². The number of alkyl halides is 3. The number of carbonyl (C=O) groups excluding carboxylic acids is 2. The van der Waals surface area contributed by atoms with Gasteiger partial charge in [-0.25, -0.2) is 0 Å². The lowest BCUT2D eigenvalue weighted by atomic mass is 9.98. The molecule has 1 saturated heterocycles. The van der Waals surface area contributed by atoms with Gasteiger partial charge >= 0.3 is 6.18 Å². The predicted octanol–water partition coefficient (Wildman–Crippen LogP) is 6.99. The number of carbonyl (C=O) groups is 2. The summed E-state index contributed by atoms with van der Waals surface area (Å²) in [6.07, 6.45) is -3.55. The molecule has 1 heterocycles. The Balaban J connectivity index is 1.22. The fraction of sp³-hybridized carbons (Fsp3) is 0.235. The van der Waals surface area contributed by atoms with Gasteiger partial charge in [-0.05, 0) is 72.5 Å². The van der Waals surface area contributed by atoms with E-state index in [-0.39, 0.29) is 23.9 Å². The van der Waals surface area contributed by atoms with Crippen LogP contribution in [0.4, 0.5) is 24.5 Å². The van der Waals surface area contributed by atoms with Crippen LogP contribution in [0.3, 0.4) is 0 Å². The molecule has 0 radical (unpaired) electrons. The Kier molecular flexibility index (Phi) is 9.11. The summed E-state index contributed by atoms with van der Waals surface area (Å²) >= 11 is 0. The number of likely N-dealkylation sites (N-methyl/N-ethyl adjacent to an activating group) is 1. The van der Waals surface area contributed by atoms with Gasteiger partial charge in [-0.15, -0.1) is 0 Å². The lowest BCUT2D eigenvalue weighted by molar-refractivity contribution is -0.137. The van der Waals surface area contributed by atoms with Gasteiger partial charge in [-0.1, -0.05) is 60.7 Å². The molecule has 6 nitrogen and oxygen atoms in total. The average Bonchev–Trinajstić information content (AvgIpc) is 3.46. The minimum atomic E-state index is -4.43. The molecule has 5 rings (SSSR count). The quantitative estimate of drug-likeness (QED) is 0.198. The van der Waals surface area contributed by atoms with Gasteiger partial charge in [0.05, 0.1) is 5.56 Å². The molecule has 2 unspecified atom stereocenters. The molecule has 0 spiro atoms. The lowest BCUT2D eigenvalue weighted by Crippen LogP contribution is -2.40. The van der Waals surface area contributed by atoms with E-state index < -0.39 is 11.7 Å². The zero-order valence-electron chi connectivity index (χ0n) is 23.7. The summed E-state index contributed by atoms with van der Waals surface area (Å²) in [5, 5.41) is 9.39. The van der Waals surface area contributed by atoms with Crippen molar-refractivity contribution in [3.63, 3.8) is 0 Å². The second-order valence-electron chi connectivity index (χ2n) is 10.5. The third kappa shape index (κ3) is 7.24. The molecular formula is C34H33F3N4O2. The second-order valence-corrected chi connectivity index (χ2v) is 10.5. The van der Waals surface area contributed by atoms with Crippen molar-refractivity contribution in [2.24, 2.45) is 0 Å². The Morgan fingerprint density at radius 1 is 0.860 bits per heavy atom. The molecule has 0 aromatic heterocycles. The Labute approximate surface area is 248 Å². The third-order valence-corrected chi connectivity index (χ3v) is 7.51. The van der Waals surface area contributed by atoms with Crippen LogP contribution in [0, 0.1) is 0 Å². The molecule has 2 amide bonds. The predicted molar refractivity (Wildman–Crippen MR) is 163 cm³/mol. The Bertz CT molecular complexity index is 1540. The van der Waals surface area contributed by atoms with Crippen LogP contribution in [0.25, 0.3) is 11.1 Å². The highest BCUT2D eigenvalue weighted by atomic mass is 19.4. The summed E-state index contributed by atoms with van der Waals surface area (Å²) in [5.41, 5.74) is 3.13. The molecule has 0 bridgehead atoms. The first-order valence-electron chi connectivity index (χ1n) is 14.2. The van der Waals surface area contributed by atoms with Gasteiger partial charge in [-0.3, -0.25) is 14.5 Å². The Morgan fingerprint density at radius 2 is 1.51 bits per heavy atom. The van der Waals surface area contributed by atoms with E-state index in [4.69, 9.17) is 0 Å². The van der Waals surface area contributed by atoms with E-state index in [0.29, 0.717) is 35.5 Å². The zero-order chi connectivity index (χ0) is 30.4. The first-order valence-corrected chi connectivity index (χ1v) is 14.2. The number of anilines is 2. The average molecular weight is 587 g/mol. The number of benzene rings is 4. The number of halogens is 3. The smallest absolute Gasteiger partial charge is 0.381 e. The number of hydrogen-bond donors (Lipinski definition) is 3. The van der Waals surface area contributed by atoms with Crippen LogP contribution < -0.4 is 16.0 Å². The largest absolute Gasteiger partial charge is 0.416 e. The number of nitrogens with zero attached hydrogens (tertiary/aromatic N) is 1. The van der Waals surface area contributed by atoms with E-state index in [0.717, 1.165) is 36.3 Å². The van der Waals surface area contributed by atoms with Crippen LogP contribution in [0.1, 0.15) is 40.9 Å². The molecular weight excluding hydrogens is 553 g/mol. The first kappa shape index (κ1) is 29.8. The topological polar surface area (TPSA) is 73.5 Å². The summed E-state index contributed by atoms with van der Waals surface area (Å²) in [6, 6.07) is 28.6. The molecule has 222 valence electrons. The highest BCUT2D eigenvalue weighted by molar-refractivity contribution is 6.08. The lowest BCUT2D eigenvalue weighted by Gasteiger charge is -2.27. The van der Waals surface area contributed by atoms with Crippen LogP contribution in [-0.4, -0.2) is 42.4 Å². The summed E-state index contributed by atoms with van der Waals surface area (Å²) in [6.45, 7) is 3.97. The van der Waals surface area contributed by atoms with E-state index in [2.05, 4.69) is 20.9 Å². The Hall–Kier alpha value is -4.63.